The number of carbonyl (C=O) groups excluding carboxylic acids is 2. The predicted octanol–water partition coefficient (Wildman–Crippen LogP) is 0.906. The number of piperidine rings is 1. The molecule has 0 unspecified atom stereocenters. The van der Waals surface area contributed by atoms with Gasteiger partial charge in [-0.25, -0.2) is 0 Å². The summed E-state index contributed by atoms with van der Waals surface area (Å²) in [5.74, 6) is -0.178. The summed E-state index contributed by atoms with van der Waals surface area (Å²) in [4.78, 5) is 37.3. The van der Waals surface area contributed by atoms with Crippen molar-refractivity contribution in [1.82, 2.24) is 14.8 Å². The van der Waals surface area contributed by atoms with Gasteiger partial charge in [-0.2, -0.15) is 0 Å². The third kappa shape index (κ3) is 3.96. The first-order valence-corrected chi connectivity index (χ1v) is 7.73. The molecule has 0 aromatic carbocycles. The van der Waals surface area contributed by atoms with Crippen LogP contribution in [0.3, 0.4) is 0 Å². The first kappa shape index (κ1) is 16.3. The fraction of sp³-hybridized carbons (Fsp3) is 0.562. The number of nitrogens with zero attached hydrogens (tertiary/aromatic N) is 2. The van der Waals surface area contributed by atoms with Gasteiger partial charge >= 0.3 is 0 Å². The van der Waals surface area contributed by atoms with Crippen molar-refractivity contribution in [3.63, 3.8) is 0 Å². The van der Waals surface area contributed by atoms with Gasteiger partial charge in [0.05, 0.1) is 5.56 Å². The second kappa shape index (κ2) is 7.24. The number of aryl methyl sites for hydroxylation is 1. The topological polar surface area (TPSA) is 71.4 Å². The van der Waals surface area contributed by atoms with Gasteiger partial charge < -0.3 is 14.8 Å². The van der Waals surface area contributed by atoms with E-state index in [-0.39, 0.29) is 17.4 Å². The highest BCUT2D eigenvalue weighted by molar-refractivity contribution is 5.94. The molecule has 2 amide bonds. The number of hydrogen-bond donors (Lipinski definition) is 1. The van der Waals surface area contributed by atoms with Crippen molar-refractivity contribution in [2.45, 2.75) is 38.6 Å². The van der Waals surface area contributed by atoms with E-state index in [4.69, 9.17) is 0 Å². The summed E-state index contributed by atoms with van der Waals surface area (Å²) >= 11 is 0. The molecular weight excluding hydrogens is 282 g/mol. The van der Waals surface area contributed by atoms with E-state index in [1.165, 1.54) is 29.3 Å². The average molecular weight is 305 g/mol. The van der Waals surface area contributed by atoms with E-state index < -0.39 is 0 Å². The Labute approximate surface area is 130 Å². The number of carbonyl (C=O) groups is 2. The molecule has 0 bridgehead atoms. The maximum atomic E-state index is 12.2. The molecular formula is C16H23N3O3. The molecule has 1 fully saturated rings. The number of hydrogen-bond acceptors (Lipinski definition) is 3. The number of rotatable bonds is 4. The number of pyridine rings is 1. The monoisotopic (exact) mass is 305 g/mol. The first-order valence-electron chi connectivity index (χ1n) is 7.73. The highest BCUT2D eigenvalue weighted by Gasteiger charge is 2.22. The Morgan fingerprint density at radius 2 is 2.09 bits per heavy atom. The molecule has 6 nitrogen and oxygen atoms in total. The molecule has 1 atom stereocenters. The van der Waals surface area contributed by atoms with Gasteiger partial charge in [-0.05, 0) is 32.3 Å². The van der Waals surface area contributed by atoms with Crippen molar-refractivity contribution in [1.29, 1.82) is 0 Å². The highest BCUT2D eigenvalue weighted by atomic mass is 16.2. The number of likely N-dealkylation sites (tertiary alicyclic amines) is 1. The second-order valence-corrected chi connectivity index (χ2v) is 5.80. The minimum atomic E-state index is -0.268. The van der Waals surface area contributed by atoms with Crippen molar-refractivity contribution >= 4 is 11.8 Å². The Morgan fingerprint density at radius 3 is 2.77 bits per heavy atom. The van der Waals surface area contributed by atoms with Gasteiger partial charge in [-0.3, -0.25) is 14.4 Å². The van der Waals surface area contributed by atoms with Gasteiger partial charge in [0.25, 0.3) is 5.91 Å². The molecule has 1 aliphatic heterocycles. The lowest BCUT2D eigenvalue weighted by molar-refractivity contribution is -0.134. The van der Waals surface area contributed by atoms with E-state index in [1.807, 2.05) is 4.90 Å². The number of aromatic nitrogens is 1. The lowest BCUT2D eigenvalue weighted by Gasteiger charge is -2.33. The van der Waals surface area contributed by atoms with Crippen LogP contribution in [0.25, 0.3) is 0 Å². The van der Waals surface area contributed by atoms with Crippen molar-refractivity contribution in [3.05, 3.63) is 34.2 Å². The molecule has 1 saturated heterocycles. The van der Waals surface area contributed by atoms with Crippen LogP contribution in [0, 0.1) is 0 Å². The first-order chi connectivity index (χ1) is 10.5. The number of nitrogens with one attached hydrogen (secondary N) is 1. The predicted molar refractivity (Wildman–Crippen MR) is 83.7 cm³/mol. The summed E-state index contributed by atoms with van der Waals surface area (Å²) in [7, 11) is 1.60. The van der Waals surface area contributed by atoms with E-state index in [9.17, 15) is 14.4 Å². The Kier molecular flexibility index (Phi) is 5.35. The van der Waals surface area contributed by atoms with Gasteiger partial charge in [0, 0.05) is 44.9 Å². The van der Waals surface area contributed by atoms with Gasteiger partial charge in [-0.15, -0.1) is 0 Å². The minimum absolute atomic E-state index is 0.0907. The molecule has 22 heavy (non-hydrogen) atoms. The van der Waals surface area contributed by atoms with Crippen LogP contribution in [0.15, 0.2) is 23.1 Å². The lowest BCUT2D eigenvalue weighted by atomic mass is 10.0. The van der Waals surface area contributed by atoms with Crippen LogP contribution in [-0.4, -0.2) is 40.4 Å². The van der Waals surface area contributed by atoms with Crippen molar-refractivity contribution < 1.29 is 9.59 Å². The molecule has 1 N–H and O–H groups in total. The normalized spacial score (nSPS) is 18.1. The Balaban J connectivity index is 1.82. The van der Waals surface area contributed by atoms with Gasteiger partial charge in [0.15, 0.2) is 0 Å². The van der Waals surface area contributed by atoms with Gasteiger partial charge in [0.1, 0.15) is 0 Å². The molecule has 1 aliphatic rings. The molecule has 0 radical (unpaired) electrons. The van der Waals surface area contributed by atoms with Gasteiger partial charge in [-0.1, -0.05) is 0 Å². The Morgan fingerprint density at radius 1 is 1.32 bits per heavy atom. The van der Waals surface area contributed by atoms with Gasteiger partial charge in [0.2, 0.25) is 11.5 Å². The second-order valence-electron chi connectivity index (χ2n) is 5.80. The molecule has 120 valence electrons. The van der Waals surface area contributed by atoms with E-state index in [1.54, 1.807) is 7.05 Å². The number of amides is 2. The summed E-state index contributed by atoms with van der Waals surface area (Å²) < 4.78 is 1.36. The maximum absolute atomic E-state index is 12.2. The Hall–Kier alpha value is -2.11. The average Bonchev–Trinajstić information content (AvgIpc) is 2.50. The standard InChI is InChI=1S/C16H23N3O3/c1-12-5-3-4-10-19(12)15(21)8-9-17-16(22)13-6-7-14(20)18(2)11-13/h6-7,11-12H,3-5,8-10H2,1-2H3,(H,17,22)/t12-/m0/s1. The highest BCUT2D eigenvalue weighted by Crippen LogP contribution is 2.16. The zero-order chi connectivity index (χ0) is 16.1. The quantitative estimate of drug-likeness (QED) is 0.898. The van der Waals surface area contributed by atoms with E-state index >= 15 is 0 Å². The van der Waals surface area contributed by atoms with Crippen molar-refractivity contribution in [2.75, 3.05) is 13.1 Å². The van der Waals surface area contributed by atoms with Crippen LogP contribution in [0.5, 0.6) is 0 Å². The minimum Gasteiger partial charge on any atom is -0.351 e. The largest absolute Gasteiger partial charge is 0.351 e. The zero-order valence-corrected chi connectivity index (χ0v) is 13.2. The Bertz CT molecular complexity index is 609. The fourth-order valence-electron chi connectivity index (χ4n) is 2.73. The van der Waals surface area contributed by atoms with Crippen LogP contribution >= 0.6 is 0 Å². The smallest absolute Gasteiger partial charge is 0.252 e. The van der Waals surface area contributed by atoms with Crippen LogP contribution < -0.4 is 10.9 Å². The molecule has 0 spiro atoms. The molecule has 0 saturated carbocycles. The lowest BCUT2D eigenvalue weighted by Crippen LogP contribution is -2.43. The molecule has 2 heterocycles. The molecule has 0 aliphatic carbocycles. The maximum Gasteiger partial charge on any atom is 0.252 e. The van der Waals surface area contributed by atoms with Crippen molar-refractivity contribution in [2.24, 2.45) is 7.05 Å². The SMILES string of the molecule is C[C@H]1CCCCN1C(=O)CCNC(=O)c1ccc(=O)n(C)c1. The summed E-state index contributed by atoms with van der Waals surface area (Å²) in [6.07, 6.45) is 5.08. The zero-order valence-electron chi connectivity index (χ0n) is 13.2. The molecule has 1 aromatic rings. The summed E-state index contributed by atoms with van der Waals surface area (Å²) in [5, 5.41) is 2.73. The van der Waals surface area contributed by atoms with Crippen LogP contribution in [0.2, 0.25) is 0 Å². The fourth-order valence-corrected chi connectivity index (χ4v) is 2.73. The van der Waals surface area contributed by atoms with E-state index in [2.05, 4.69) is 12.2 Å². The summed E-state index contributed by atoms with van der Waals surface area (Å²) in [5.41, 5.74) is 0.256. The van der Waals surface area contributed by atoms with Crippen LogP contribution in [-0.2, 0) is 11.8 Å². The molecule has 6 heteroatoms. The third-order valence-corrected chi connectivity index (χ3v) is 4.10. The van der Waals surface area contributed by atoms with E-state index in [0.29, 0.717) is 24.6 Å². The summed E-state index contributed by atoms with van der Waals surface area (Å²) in [6, 6.07) is 3.14. The molecule has 2 rings (SSSR count). The van der Waals surface area contributed by atoms with E-state index in [0.717, 1.165) is 19.4 Å². The van der Waals surface area contributed by atoms with Crippen molar-refractivity contribution in [3.8, 4) is 0 Å². The molecule has 1 aromatic heterocycles. The van der Waals surface area contributed by atoms with Crippen LogP contribution in [0.4, 0.5) is 0 Å². The van der Waals surface area contributed by atoms with Crippen LogP contribution in [0.1, 0.15) is 43.0 Å². The third-order valence-electron chi connectivity index (χ3n) is 4.10. The summed E-state index contributed by atoms with van der Waals surface area (Å²) in [6.45, 7) is 3.19.